The predicted octanol–water partition coefficient (Wildman–Crippen LogP) is 1.39. The molecule has 9 heavy (non-hydrogen) atoms. The van der Waals surface area contributed by atoms with E-state index in [2.05, 4.69) is 12.2 Å². The van der Waals surface area contributed by atoms with E-state index in [1.165, 1.54) is 25.8 Å². The SMILES string of the molecule is CCC1CC2C[C@H]1CN2. The molecule has 1 saturated carbocycles. The van der Waals surface area contributed by atoms with Crippen LogP contribution < -0.4 is 5.32 Å². The number of hydrogen-bond donors (Lipinski definition) is 1. The minimum atomic E-state index is 0.903. The van der Waals surface area contributed by atoms with E-state index in [9.17, 15) is 0 Å². The molecule has 1 heterocycles. The zero-order valence-corrected chi connectivity index (χ0v) is 6.06. The summed E-state index contributed by atoms with van der Waals surface area (Å²) in [6.45, 7) is 3.63. The summed E-state index contributed by atoms with van der Waals surface area (Å²) in [6.07, 6.45) is 4.34. The lowest BCUT2D eigenvalue weighted by atomic mass is 9.93. The van der Waals surface area contributed by atoms with Crippen molar-refractivity contribution in [3.63, 3.8) is 0 Å². The fourth-order valence-corrected chi connectivity index (χ4v) is 2.45. The van der Waals surface area contributed by atoms with Crippen molar-refractivity contribution in [3.05, 3.63) is 0 Å². The smallest absolute Gasteiger partial charge is 0.00731 e. The molecule has 2 unspecified atom stereocenters. The van der Waals surface area contributed by atoms with Gasteiger partial charge in [-0.1, -0.05) is 13.3 Å². The molecular formula is C8H15N. The van der Waals surface area contributed by atoms with Crippen molar-refractivity contribution in [1.82, 2.24) is 5.32 Å². The van der Waals surface area contributed by atoms with Crippen LogP contribution >= 0.6 is 0 Å². The Morgan fingerprint density at radius 1 is 1.44 bits per heavy atom. The van der Waals surface area contributed by atoms with Crippen LogP contribution in [0.25, 0.3) is 0 Å². The Bertz CT molecular complexity index is 111. The van der Waals surface area contributed by atoms with E-state index in [1.54, 1.807) is 0 Å². The molecule has 1 N–H and O–H groups in total. The van der Waals surface area contributed by atoms with Crippen LogP contribution in [0.2, 0.25) is 0 Å². The molecule has 1 aliphatic heterocycles. The summed E-state index contributed by atoms with van der Waals surface area (Å²) in [7, 11) is 0. The summed E-state index contributed by atoms with van der Waals surface area (Å²) in [5, 5.41) is 3.52. The van der Waals surface area contributed by atoms with Gasteiger partial charge in [-0.25, -0.2) is 0 Å². The Kier molecular flexibility index (Phi) is 1.26. The Morgan fingerprint density at radius 2 is 2.33 bits per heavy atom. The average molecular weight is 125 g/mol. The molecule has 2 aliphatic rings. The zero-order chi connectivity index (χ0) is 6.27. The molecule has 0 amide bonds. The molecule has 0 spiro atoms. The molecule has 1 heteroatoms. The van der Waals surface area contributed by atoms with Gasteiger partial charge in [-0.15, -0.1) is 0 Å². The molecule has 2 bridgehead atoms. The average Bonchev–Trinajstić information content (AvgIpc) is 2.45. The maximum atomic E-state index is 3.52. The minimum absolute atomic E-state index is 0.903. The fraction of sp³-hybridized carbons (Fsp3) is 1.00. The fourth-order valence-electron chi connectivity index (χ4n) is 2.45. The molecule has 2 rings (SSSR count). The highest BCUT2D eigenvalue weighted by atomic mass is 15.0. The van der Waals surface area contributed by atoms with Crippen molar-refractivity contribution >= 4 is 0 Å². The van der Waals surface area contributed by atoms with Crippen molar-refractivity contribution in [2.24, 2.45) is 11.8 Å². The number of hydrogen-bond acceptors (Lipinski definition) is 1. The lowest BCUT2D eigenvalue weighted by molar-refractivity contribution is 0.342. The zero-order valence-electron chi connectivity index (χ0n) is 6.06. The Balaban J connectivity index is 2.01. The highest BCUT2D eigenvalue weighted by Crippen LogP contribution is 2.37. The van der Waals surface area contributed by atoms with Crippen LogP contribution in [-0.2, 0) is 0 Å². The van der Waals surface area contributed by atoms with Crippen LogP contribution in [0.4, 0.5) is 0 Å². The van der Waals surface area contributed by atoms with Gasteiger partial charge in [-0.05, 0) is 31.2 Å². The third-order valence-electron chi connectivity index (χ3n) is 3.03. The van der Waals surface area contributed by atoms with Crippen LogP contribution in [0, 0.1) is 11.8 Å². The molecule has 3 atom stereocenters. The van der Waals surface area contributed by atoms with Gasteiger partial charge in [-0.3, -0.25) is 0 Å². The van der Waals surface area contributed by atoms with Crippen LogP contribution in [0.5, 0.6) is 0 Å². The molecular weight excluding hydrogens is 110 g/mol. The summed E-state index contributed by atoms with van der Waals surface area (Å²) in [5.41, 5.74) is 0. The Hall–Kier alpha value is -0.0400. The number of piperidine rings is 1. The van der Waals surface area contributed by atoms with E-state index in [0.717, 1.165) is 17.9 Å². The highest BCUT2D eigenvalue weighted by molar-refractivity contribution is 4.94. The van der Waals surface area contributed by atoms with Crippen molar-refractivity contribution in [2.45, 2.75) is 32.2 Å². The van der Waals surface area contributed by atoms with Crippen LogP contribution in [-0.4, -0.2) is 12.6 Å². The summed E-state index contributed by atoms with van der Waals surface area (Å²) in [4.78, 5) is 0. The van der Waals surface area contributed by atoms with E-state index in [1.807, 2.05) is 0 Å². The van der Waals surface area contributed by atoms with Gasteiger partial charge in [0.25, 0.3) is 0 Å². The van der Waals surface area contributed by atoms with Crippen LogP contribution in [0.15, 0.2) is 0 Å². The number of rotatable bonds is 1. The lowest BCUT2D eigenvalue weighted by Gasteiger charge is -2.20. The molecule has 0 aromatic heterocycles. The van der Waals surface area contributed by atoms with E-state index in [4.69, 9.17) is 0 Å². The van der Waals surface area contributed by atoms with Crippen molar-refractivity contribution in [3.8, 4) is 0 Å². The summed E-state index contributed by atoms with van der Waals surface area (Å²) in [5.74, 6) is 2.11. The van der Waals surface area contributed by atoms with Gasteiger partial charge < -0.3 is 5.32 Å². The monoisotopic (exact) mass is 125 g/mol. The molecule has 1 saturated heterocycles. The predicted molar refractivity (Wildman–Crippen MR) is 38.3 cm³/mol. The maximum Gasteiger partial charge on any atom is 0.00731 e. The second-order valence-electron chi connectivity index (χ2n) is 3.50. The van der Waals surface area contributed by atoms with Gasteiger partial charge in [0.15, 0.2) is 0 Å². The first kappa shape index (κ1) is 5.72. The van der Waals surface area contributed by atoms with Gasteiger partial charge >= 0.3 is 0 Å². The second kappa shape index (κ2) is 1.98. The molecule has 1 nitrogen and oxygen atoms in total. The normalized spacial score (nSPS) is 48.3. The quantitative estimate of drug-likeness (QED) is 0.558. The van der Waals surface area contributed by atoms with Crippen LogP contribution in [0.3, 0.4) is 0 Å². The molecule has 0 aromatic carbocycles. The molecule has 0 aromatic rings. The Labute approximate surface area is 56.8 Å². The van der Waals surface area contributed by atoms with Crippen molar-refractivity contribution in [1.29, 1.82) is 0 Å². The van der Waals surface area contributed by atoms with E-state index < -0.39 is 0 Å². The summed E-state index contributed by atoms with van der Waals surface area (Å²) in [6, 6.07) is 0.903. The molecule has 0 radical (unpaired) electrons. The lowest BCUT2D eigenvalue weighted by Crippen LogP contribution is -2.29. The minimum Gasteiger partial charge on any atom is -0.314 e. The highest BCUT2D eigenvalue weighted by Gasteiger charge is 2.37. The first-order valence-corrected chi connectivity index (χ1v) is 4.13. The third-order valence-corrected chi connectivity index (χ3v) is 3.03. The summed E-state index contributed by atoms with van der Waals surface area (Å²) < 4.78 is 0. The topological polar surface area (TPSA) is 12.0 Å². The van der Waals surface area contributed by atoms with Gasteiger partial charge in [0.1, 0.15) is 0 Å². The number of fused-ring (bicyclic) bond motifs is 2. The molecule has 2 fully saturated rings. The van der Waals surface area contributed by atoms with Gasteiger partial charge in [-0.2, -0.15) is 0 Å². The standard InChI is InChI=1S/C8H15N/c1-2-6-3-8-4-7(6)5-9-8/h6-9H,2-5H2,1H3/t6?,7-,8?/m0/s1. The van der Waals surface area contributed by atoms with E-state index in [-0.39, 0.29) is 0 Å². The van der Waals surface area contributed by atoms with E-state index in [0.29, 0.717) is 0 Å². The molecule has 52 valence electrons. The Morgan fingerprint density at radius 3 is 2.67 bits per heavy atom. The first-order valence-electron chi connectivity index (χ1n) is 4.13. The first-order chi connectivity index (χ1) is 4.40. The van der Waals surface area contributed by atoms with Gasteiger partial charge in [0, 0.05) is 6.04 Å². The largest absolute Gasteiger partial charge is 0.314 e. The second-order valence-corrected chi connectivity index (χ2v) is 3.50. The van der Waals surface area contributed by atoms with Gasteiger partial charge in [0.05, 0.1) is 0 Å². The van der Waals surface area contributed by atoms with Crippen LogP contribution in [0.1, 0.15) is 26.2 Å². The maximum absolute atomic E-state index is 3.52. The van der Waals surface area contributed by atoms with Gasteiger partial charge in [0.2, 0.25) is 0 Å². The molecule has 1 aliphatic carbocycles. The summed E-state index contributed by atoms with van der Waals surface area (Å²) >= 11 is 0. The third kappa shape index (κ3) is 0.787. The van der Waals surface area contributed by atoms with E-state index >= 15 is 0 Å². The van der Waals surface area contributed by atoms with Crippen molar-refractivity contribution in [2.75, 3.05) is 6.54 Å². The van der Waals surface area contributed by atoms with Crippen molar-refractivity contribution < 1.29 is 0 Å². The number of nitrogens with one attached hydrogen (secondary N) is 1.